The molecule has 0 unspecified atom stereocenters. The predicted molar refractivity (Wildman–Crippen MR) is 129 cm³/mol. The summed E-state index contributed by atoms with van der Waals surface area (Å²) < 4.78 is 11.6. The van der Waals surface area contributed by atoms with Crippen molar-refractivity contribution in [3.8, 4) is 11.5 Å². The van der Waals surface area contributed by atoms with E-state index in [1.54, 1.807) is 0 Å². The smallest absolute Gasteiger partial charge is 0.119 e. The lowest BCUT2D eigenvalue weighted by molar-refractivity contribution is 0.304. The summed E-state index contributed by atoms with van der Waals surface area (Å²) in [5.41, 5.74) is 2.00. The van der Waals surface area contributed by atoms with Crippen LogP contribution in [0.25, 0.3) is 0 Å². The Morgan fingerprint density at radius 1 is 0.600 bits per heavy atom. The molecule has 2 aromatic carbocycles. The van der Waals surface area contributed by atoms with E-state index in [9.17, 15) is 0 Å². The van der Waals surface area contributed by atoms with Crippen LogP contribution >= 0.6 is 0 Å². The molecule has 0 aromatic heterocycles. The van der Waals surface area contributed by atoms with Crippen molar-refractivity contribution in [3.63, 3.8) is 0 Å². The van der Waals surface area contributed by atoms with Gasteiger partial charge in [-0.1, -0.05) is 65.2 Å². The Morgan fingerprint density at radius 3 is 1.63 bits per heavy atom. The molecule has 2 rings (SSSR count). The summed E-state index contributed by atoms with van der Waals surface area (Å²) >= 11 is 0. The Morgan fingerprint density at radius 2 is 1.07 bits per heavy atom. The number of hydrogen-bond acceptors (Lipinski definition) is 3. The molecule has 0 aliphatic heterocycles. The fraction of sp³-hybridized carbons (Fsp3) is 0.519. The molecule has 0 saturated heterocycles. The minimum Gasteiger partial charge on any atom is -0.494 e. The van der Waals surface area contributed by atoms with E-state index in [1.165, 1.54) is 51.4 Å². The second kappa shape index (κ2) is 15.5. The van der Waals surface area contributed by atoms with Crippen LogP contribution in [-0.4, -0.2) is 19.4 Å². The van der Waals surface area contributed by atoms with Gasteiger partial charge < -0.3 is 9.47 Å². The zero-order valence-corrected chi connectivity index (χ0v) is 18.9. The summed E-state index contributed by atoms with van der Waals surface area (Å²) in [5.74, 6) is 1.85. The molecule has 0 fully saturated rings. The fourth-order valence-corrected chi connectivity index (χ4v) is 3.22. The van der Waals surface area contributed by atoms with Crippen LogP contribution in [0.1, 0.15) is 83.6 Å². The SMILES string of the molecule is CCCCCCCCOc1ccc(C=Nc2ccc(OCCCCCC)cc2)cc1. The number of ether oxygens (including phenoxy) is 2. The quantitative estimate of drug-likeness (QED) is 0.207. The molecule has 3 nitrogen and oxygen atoms in total. The third-order valence-corrected chi connectivity index (χ3v) is 5.11. The lowest BCUT2D eigenvalue weighted by Gasteiger charge is -2.06. The van der Waals surface area contributed by atoms with Crippen molar-refractivity contribution in [1.82, 2.24) is 0 Å². The van der Waals surface area contributed by atoms with Gasteiger partial charge in [-0.2, -0.15) is 0 Å². The highest BCUT2D eigenvalue weighted by atomic mass is 16.5. The number of unbranched alkanes of at least 4 members (excludes halogenated alkanes) is 8. The summed E-state index contributed by atoms with van der Waals surface area (Å²) in [6.45, 7) is 6.06. The first-order valence-electron chi connectivity index (χ1n) is 11.8. The molecule has 0 spiro atoms. The first kappa shape index (κ1) is 24.0. The van der Waals surface area contributed by atoms with E-state index < -0.39 is 0 Å². The van der Waals surface area contributed by atoms with Crippen LogP contribution in [0.3, 0.4) is 0 Å². The van der Waals surface area contributed by atoms with Crippen LogP contribution in [0.15, 0.2) is 53.5 Å². The van der Waals surface area contributed by atoms with E-state index in [-0.39, 0.29) is 0 Å². The summed E-state index contributed by atoms with van der Waals surface area (Å²) in [6, 6.07) is 16.1. The average Bonchev–Trinajstić information content (AvgIpc) is 2.78. The summed E-state index contributed by atoms with van der Waals surface area (Å²) in [5, 5.41) is 0. The second-order valence-corrected chi connectivity index (χ2v) is 7.85. The third-order valence-electron chi connectivity index (χ3n) is 5.11. The second-order valence-electron chi connectivity index (χ2n) is 7.85. The maximum atomic E-state index is 5.84. The van der Waals surface area contributed by atoms with Crippen LogP contribution in [-0.2, 0) is 0 Å². The van der Waals surface area contributed by atoms with Gasteiger partial charge in [0.2, 0.25) is 0 Å². The first-order chi connectivity index (χ1) is 14.8. The molecule has 0 bridgehead atoms. The Hall–Kier alpha value is -2.29. The average molecular weight is 410 g/mol. The number of aliphatic imine (C=N–C) groups is 1. The zero-order valence-electron chi connectivity index (χ0n) is 18.9. The molecule has 0 heterocycles. The molecule has 0 amide bonds. The van der Waals surface area contributed by atoms with Crippen LogP contribution < -0.4 is 9.47 Å². The zero-order chi connectivity index (χ0) is 21.3. The maximum absolute atomic E-state index is 5.84. The third kappa shape index (κ3) is 10.5. The van der Waals surface area contributed by atoms with Crippen molar-refractivity contribution in [2.75, 3.05) is 13.2 Å². The molecular weight excluding hydrogens is 370 g/mol. The molecular formula is C27H39NO2. The molecule has 3 heteroatoms. The predicted octanol–water partition coefficient (Wildman–Crippen LogP) is 8.14. The van der Waals surface area contributed by atoms with Crippen LogP contribution in [0, 0.1) is 0 Å². The molecule has 0 N–H and O–H groups in total. The minimum atomic E-state index is 0.788. The van der Waals surface area contributed by atoms with Gasteiger partial charge in [0.05, 0.1) is 18.9 Å². The molecule has 164 valence electrons. The highest BCUT2D eigenvalue weighted by molar-refractivity contribution is 5.82. The summed E-state index contributed by atoms with van der Waals surface area (Å²) in [6.07, 6.45) is 14.5. The van der Waals surface area contributed by atoms with Crippen molar-refractivity contribution >= 4 is 11.9 Å². The van der Waals surface area contributed by atoms with Gasteiger partial charge in [-0.3, -0.25) is 4.99 Å². The van der Waals surface area contributed by atoms with E-state index in [1.807, 2.05) is 54.7 Å². The lowest BCUT2D eigenvalue weighted by Crippen LogP contribution is -1.97. The number of nitrogens with zero attached hydrogens (tertiary/aromatic N) is 1. The van der Waals surface area contributed by atoms with E-state index in [0.29, 0.717) is 0 Å². The molecule has 2 aromatic rings. The summed E-state index contributed by atoms with van der Waals surface area (Å²) in [7, 11) is 0. The normalized spacial score (nSPS) is 11.1. The van der Waals surface area contributed by atoms with Crippen LogP contribution in [0.4, 0.5) is 5.69 Å². The number of rotatable bonds is 16. The lowest BCUT2D eigenvalue weighted by atomic mass is 10.1. The monoisotopic (exact) mass is 409 g/mol. The fourth-order valence-electron chi connectivity index (χ4n) is 3.22. The van der Waals surface area contributed by atoms with Gasteiger partial charge in [0.25, 0.3) is 0 Å². The van der Waals surface area contributed by atoms with Crippen molar-refractivity contribution in [2.45, 2.75) is 78.1 Å². The van der Waals surface area contributed by atoms with Gasteiger partial charge in [-0.15, -0.1) is 0 Å². The maximum Gasteiger partial charge on any atom is 0.119 e. The minimum absolute atomic E-state index is 0.788. The molecule has 0 aliphatic carbocycles. The van der Waals surface area contributed by atoms with E-state index in [2.05, 4.69) is 18.8 Å². The topological polar surface area (TPSA) is 30.8 Å². The molecule has 30 heavy (non-hydrogen) atoms. The molecule has 0 aliphatic rings. The highest BCUT2D eigenvalue weighted by Crippen LogP contribution is 2.19. The van der Waals surface area contributed by atoms with Crippen LogP contribution in [0.5, 0.6) is 11.5 Å². The Labute approximate surface area is 183 Å². The number of hydrogen-bond donors (Lipinski definition) is 0. The van der Waals surface area contributed by atoms with Crippen molar-refractivity contribution in [2.24, 2.45) is 4.99 Å². The highest BCUT2D eigenvalue weighted by Gasteiger charge is 1.97. The van der Waals surface area contributed by atoms with Crippen molar-refractivity contribution in [3.05, 3.63) is 54.1 Å². The van der Waals surface area contributed by atoms with Gasteiger partial charge in [-0.25, -0.2) is 0 Å². The Kier molecular flexibility index (Phi) is 12.4. The standard InChI is InChI=1S/C27H39NO2/c1-3-5-7-9-10-12-22-29-26-17-13-24(14-18-26)23-28-25-15-19-27(20-16-25)30-21-11-8-6-4-2/h13-20,23H,3-12,21-22H2,1-2H3. The van der Waals surface area contributed by atoms with Gasteiger partial charge >= 0.3 is 0 Å². The van der Waals surface area contributed by atoms with E-state index in [4.69, 9.17) is 9.47 Å². The van der Waals surface area contributed by atoms with E-state index >= 15 is 0 Å². The van der Waals surface area contributed by atoms with E-state index in [0.717, 1.165) is 48.8 Å². The Balaban J connectivity index is 1.68. The largest absolute Gasteiger partial charge is 0.494 e. The van der Waals surface area contributed by atoms with Crippen molar-refractivity contribution in [1.29, 1.82) is 0 Å². The van der Waals surface area contributed by atoms with Gasteiger partial charge in [0, 0.05) is 6.21 Å². The summed E-state index contributed by atoms with van der Waals surface area (Å²) in [4.78, 5) is 4.56. The molecule has 0 atom stereocenters. The van der Waals surface area contributed by atoms with Crippen molar-refractivity contribution < 1.29 is 9.47 Å². The van der Waals surface area contributed by atoms with Gasteiger partial charge in [-0.05, 0) is 66.9 Å². The van der Waals surface area contributed by atoms with Gasteiger partial charge in [0.15, 0.2) is 0 Å². The van der Waals surface area contributed by atoms with Gasteiger partial charge in [0.1, 0.15) is 11.5 Å². The van der Waals surface area contributed by atoms with Crippen LogP contribution in [0.2, 0.25) is 0 Å². The molecule has 0 radical (unpaired) electrons. The molecule has 0 saturated carbocycles. The number of benzene rings is 2. The Bertz CT molecular complexity index is 692. The first-order valence-corrected chi connectivity index (χ1v) is 11.8.